The number of anilines is 1. The predicted octanol–water partition coefficient (Wildman–Crippen LogP) is 3.17. The molecule has 1 saturated heterocycles. The SMILES string of the molecule is Cc1c(COc2ccccc2)cccc1NC(=O)N1CC[C@@H](O)C1. The summed E-state index contributed by atoms with van der Waals surface area (Å²) in [5.41, 5.74) is 2.79. The smallest absolute Gasteiger partial charge is 0.321 e. The van der Waals surface area contributed by atoms with Gasteiger partial charge in [0.2, 0.25) is 0 Å². The van der Waals surface area contributed by atoms with E-state index in [1.165, 1.54) is 0 Å². The van der Waals surface area contributed by atoms with Crippen LogP contribution in [0.4, 0.5) is 10.5 Å². The summed E-state index contributed by atoms with van der Waals surface area (Å²) in [6, 6.07) is 15.3. The van der Waals surface area contributed by atoms with E-state index >= 15 is 0 Å². The summed E-state index contributed by atoms with van der Waals surface area (Å²) < 4.78 is 5.79. The minimum Gasteiger partial charge on any atom is -0.489 e. The summed E-state index contributed by atoms with van der Waals surface area (Å²) in [5, 5.41) is 12.5. The van der Waals surface area contributed by atoms with Crippen LogP contribution >= 0.6 is 0 Å². The highest BCUT2D eigenvalue weighted by molar-refractivity contribution is 5.90. The summed E-state index contributed by atoms with van der Waals surface area (Å²) >= 11 is 0. The van der Waals surface area contributed by atoms with Crippen molar-refractivity contribution in [1.82, 2.24) is 4.90 Å². The van der Waals surface area contributed by atoms with Gasteiger partial charge >= 0.3 is 6.03 Å². The molecule has 2 amide bonds. The number of para-hydroxylation sites is 1. The maximum Gasteiger partial charge on any atom is 0.321 e. The molecule has 24 heavy (non-hydrogen) atoms. The molecule has 1 heterocycles. The third-order valence-corrected chi connectivity index (χ3v) is 4.28. The number of amides is 2. The number of likely N-dealkylation sites (tertiary alicyclic amines) is 1. The monoisotopic (exact) mass is 326 g/mol. The normalized spacial score (nSPS) is 16.9. The van der Waals surface area contributed by atoms with Gasteiger partial charge in [0, 0.05) is 18.8 Å². The molecule has 3 rings (SSSR count). The van der Waals surface area contributed by atoms with E-state index in [-0.39, 0.29) is 6.03 Å². The Labute approximate surface area is 141 Å². The molecule has 2 aromatic rings. The number of nitrogens with one attached hydrogen (secondary N) is 1. The van der Waals surface area contributed by atoms with Crippen LogP contribution in [0.3, 0.4) is 0 Å². The Balaban J connectivity index is 1.65. The molecule has 1 aliphatic rings. The number of carbonyl (C=O) groups excluding carboxylic acids is 1. The van der Waals surface area contributed by atoms with Gasteiger partial charge in [-0.15, -0.1) is 0 Å². The molecule has 126 valence electrons. The fourth-order valence-corrected chi connectivity index (χ4v) is 2.77. The summed E-state index contributed by atoms with van der Waals surface area (Å²) in [6.07, 6.45) is 0.222. The Bertz CT molecular complexity index is 703. The highest BCUT2D eigenvalue weighted by Crippen LogP contribution is 2.22. The zero-order valence-electron chi connectivity index (χ0n) is 13.7. The molecule has 1 aliphatic heterocycles. The lowest BCUT2D eigenvalue weighted by Crippen LogP contribution is -2.33. The van der Waals surface area contributed by atoms with E-state index in [9.17, 15) is 9.90 Å². The lowest BCUT2D eigenvalue weighted by atomic mass is 10.1. The van der Waals surface area contributed by atoms with Crippen molar-refractivity contribution in [3.05, 3.63) is 59.7 Å². The van der Waals surface area contributed by atoms with Crippen molar-refractivity contribution in [1.29, 1.82) is 0 Å². The molecule has 0 unspecified atom stereocenters. The number of rotatable bonds is 4. The molecule has 2 aromatic carbocycles. The first kappa shape index (κ1) is 16.3. The Morgan fingerprint density at radius 3 is 2.75 bits per heavy atom. The van der Waals surface area contributed by atoms with E-state index in [2.05, 4.69) is 5.32 Å². The number of hydrogen-bond donors (Lipinski definition) is 2. The number of ether oxygens (including phenoxy) is 1. The van der Waals surface area contributed by atoms with Crippen LogP contribution in [0.5, 0.6) is 5.75 Å². The maximum atomic E-state index is 12.3. The number of β-amino-alcohol motifs (C(OH)–C–C–N with tert-alkyl or cyclic N) is 1. The summed E-state index contributed by atoms with van der Waals surface area (Å²) in [6.45, 7) is 3.39. The zero-order valence-corrected chi connectivity index (χ0v) is 13.7. The molecular weight excluding hydrogens is 304 g/mol. The van der Waals surface area contributed by atoms with E-state index in [1.807, 2.05) is 55.5 Å². The first-order valence-electron chi connectivity index (χ1n) is 8.14. The van der Waals surface area contributed by atoms with Crippen molar-refractivity contribution in [2.75, 3.05) is 18.4 Å². The summed E-state index contributed by atoms with van der Waals surface area (Å²) in [5.74, 6) is 0.817. The second-order valence-corrected chi connectivity index (χ2v) is 6.01. The highest BCUT2D eigenvalue weighted by Gasteiger charge is 2.24. The molecule has 0 saturated carbocycles. The molecule has 0 aromatic heterocycles. The summed E-state index contributed by atoms with van der Waals surface area (Å²) in [4.78, 5) is 13.9. The molecule has 5 nitrogen and oxygen atoms in total. The van der Waals surface area contributed by atoms with E-state index in [4.69, 9.17) is 4.74 Å². The first-order chi connectivity index (χ1) is 11.6. The van der Waals surface area contributed by atoms with Gasteiger partial charge in [-0.05, 0) is 42.7 Å². The number of hydrogen-bond acceptors (Lipinski definition) is 3. The molecule has 1 fully saturated rings. The van der Waals surface area contributed by atoms with Crippen LogP contribution in [0.2, 0.25) is 0 Å². The van der Waals surface area contributed by atoms with Gasteiger partial charge in [0.05, 0.1) is 6.10 Å². The number of urea groups is 1. The fourth-order valence-electron chi connectivity index (χ4n) is 2.77. The van der Waals surface area contributed by atoms with Crippen LogP contribution in [0.1, 0.15) is 17.5 Å². The van der Waals surface area contributed by atoms with Gasteiger partial charge in [0.15, 0.2) is 0 Å². The van der Waals surface area contributed by atoms with E-state index in [0.29, 0.717) is 26.1 Å². The molecule has 5 heteroatoms. The van der Waals surface area contributed by atoms with Crippen molar-refractivity contribution >= 4 is 11.7 Å². The van der Waals surface area contributed by atoms with Crippen molar-refractivity contribution < 1.29 is 14.6 Å². The summed E-state index contributed by atoms with van der Waals surface area (Å²) in [7, 11) is 0. The zero-order chi connectivity index (χ0) is 16.9. The van der Waals surface area contributed by atoms with E-state index < -0.39 is 6.10 Å². The highest BCUT2D eigenvalue weighted by atomic mass is 16.5. The predicted molar refractivity (Wildman–Crippen MR) is 93.2 cm³/mol. The Hall–Kier alpha value is -2.53. The van der Waals surface area contributed by atoms with Crippen molar-refractivity contribution in [2.45, 2.75) is 26.1 Å². The average molecular weight is 326 g/mol. The van der Waals surface area contributed by atoms with Crippen LogP contribution in [0, 0.1) is 6.92 Å². The van der Waals surface area contributed by atoms with Gasteiger partial charge < -0.3 is 20.1 Å². The molecular formula is C19H22N2O3. The standard InChI is InChI=1S/C19H22N2O3/c1-14-15(13-24-17-7-3-2-4-8-17)6-5-9-18(14)20-19(23)21-11-10-16(22)12-21/h2-9,16,22H,10-13H2,1H3,(H,20,23)/t16-/m1/s1. The van der Waals surface area contributed by atoms with Crippen LogP contribution < -0.4 is 10.1 Å². The van der Waals surface area contributed by atoms with Gasteiger partial charge in [-0.1, -0.05) is 30.3 Å². The van der Waals surface area contributed by atoms with Crippen LogP contribution in [-0.2, 0) is 6.61 Å². The third kappa shape index (κ3) is 3.86. The molecule has 0 bridgehead atoms. The van der Waals surface area contributed by atoms with Gasteiger partial charge in [-0.25, -0.2) is 4.79 Å². The largest absolute Gasteiger partial charge is 0.489 e. The van der Waals surface area contributed by atoms with Crippen LogP contribution in [0.15, 0.2) is 48.5 Å². The number of aliphatic hydroxyl groups is 1. The minimum atomic E-state index is -0.414. The molecule has 0 aliphatic carbocycles. The maximum absolute atomic E-state index is 12.3. The quantitative estimate of drug-likeness (QED) is 0.907. The second kappa shape index (κ2) is 7.36. The van der Waals surface area contributed by atoms with Crippen molar-refractivity contribution in [3.8, 4) is 5.75 Å². The Morgan fingerprint density at radius 1 is 1.25 bits per heavy atom. The van der Waals surface area contributed by atoms with Crippen LogP contribution in [0.25, 0.3) is 0 Å². The third-order valence-electron chi connectivity index (χ3n) is 4.28. The van der Waals surface area contributed by atoms with Gasteiger partial charge in [-0.2, -0.15) is 0 Å². The molecule has 1 atom stereocenters. The number of nitrogens with zero attached hydrogens (tertiary/aromatic N) is 1. The van der Waals surface area contributed by atoms with Crippen molar-refractivity contribution in [2.24, 2.45) is 0 Å². The van der Waals surface area contributed by atoms with Crippen LogP contribution in [-0.4, -0.2) is 35.2 Å². The number of carbonyl (C=O) groups is 1. The average Bonchev–Trinajstić information content (AvgIpc) is 3.03. The first-order valence-corrected chi connectivity index (χ1v) is 8.14. The second-order valence-electron chi connectivity index (χ2n) is 6.01. The van der Waals surface area contributed by atoms with Gasteiger partial charge in [0.1, 0.15) is 12.4 Å². The Morgan fingerprint density at radius 2 is 2.04 bits per heavy atom. The van der Waals surface area contributed by atoms with Gasteiger partial charge in [-0.3, -0.25) is 0 Å². The number of aliphatic hydroxyl groups excluding tert-OH is 1. The van der Waals surface area contributed by atoms with E-state index in [1.54, 1.807) is 4.90 Å². The minimum absolute atomic E-state index is 0.171. The Kier molecular flexibility index (Phi) is 5.01. The molecule has 2 N–H and O–H groups in total. The number of benzene rings is 2. The fraction of sp³-hybridized carbons (Fsp3) is 0.316. The topological polar surface area (TPSA) is 61.8 Å². The lowest BCUT2D eigenvalue weighted by molar-refractivity contribution is 0.176. The lowest BCUT2D eigenvalue weighted by Gasteiger charge is -2.18. The van der Waals surface area contributed by atoms with Crippen molar-refractivity contribution in [3.63, 3.8) is 0 Å². The van der Waals surface area contributed by atoms with E-state index in [0.717, 1.165) is 22.6 Å². The van der Waals surface area contributed by atoms with Gasteiger partial charge in [0.25, 0.3) is 0 Å². The molecule has 0 spiro atoms. The molecule has 0 radical (unpaired) electrons.